The van der Waals surface area contributed by atoms with Crippen LogP contribution in [0.4, 0.5) is 0 Å². The molecule has 0 N–H and O–H groups in total. The van der Waals surface area contributed by atoms with Crippen LogP contribution >= 0.6 is 0 Å². The van der Waals surface area contributed by atoms with Gasteiger partial charge in [-0.3, -0.25) is 4.68 Å². The molecule has 0 spiro atoms. The molecule has 0 fully saturated rings. The molecule has 0 atom stereocenters. The summed E-state index contributed by atoms with van der Waals surface area (Å²) in [5.74, 6) is 0. The Morgan fingerprint density at radius 1 is 1.64 bits per heavy atom. The number of nitrogens with zero attached hydrogens (tertiary/aromatic N) is 2. The molecule has 0 amide bonds. The van der Waals surface area contributed by atoms with E-state index in [1.807, 2.05) is 19.3 Å². The molecule has 1 rings (SSSR count). The maximum atomic E-state index is 5.31. The van der Waals surface area contributed by atoms with Gasteiger partial charge in [-0.25, -0.2) is 0 Å². The molecule has 0 radical (unpaired) electrons. The molecule has 0 unspecified atom stereocenters. The van der Waals surface area contributed by atoms with E-state index >= 15 is 0 Å². The topological polar surface area (TPSA) is 27.1 Å². The van der Waals surface area contributed by atoms with Crippen molar-refractivity contribution in [2.24, 2.45) is 7.05 Å². The predicted octanol–water partition coefficient (Wildman–Crippen LogP) is 1.35. The van der Waals surface area contributed by atoms with E-state index in [1.54, 1.807) is 4.68 Å². The van der Waals surface area contributed by atoms with Crippen LogP contribution in [0.15, 0.2) is 12.3 Å². The smallest absolute Gasteiger partial charge is 0.0906 e. The van der Waals surface area contributed by atoms with Crippen molar-refractivity contribution in [3.8, 4) is 0 Å². The molecular weight excluding hydrogens is 140 g/mol. The molecule has 0 aliphatic rings. The van der Waals surface area contributed by atoms with Crippen molar-refractivity contribution in [3.05, 3.63) is 18.0 Å². The highest BCUT2D eigenvalue weighted by Crippen LogP contribution is 1.96. The summed E-state index contributed by atoms with van der Waals surface area (Å²) in [4.78, 5) is 0. The number of hydrogen-bond donors (Lipinski definition) is 0. The molecule has 0 aliphatic heterocycles. The summed E-state index contributed by atoms with van der Waals surface area (Å²) in [5, 5.41) is 4.17. The zero-order valence-corrected chi connectivity index (χ0v) is 7.08. The molecule has 1 aromatic heterocycles. The normalized spacial score (nSPS) is 10.4. The maximum Gasteiger partial charge on any atom is 0.0906 e. The number of aryl methyl sites for hydroxylation is 1. The number of ether oxygens (including phenoxy) is 1. The lowest BCUT2D eigenvalue weighted by molar-refractivity contribution is 0.118. The van der Waals surface area contributed by atoms with Crippen LogP contribution in [-0.4, -0.2) is 16.4 Å². The first kappa shape index (κ1) is 8.27. The number of rotatable bonds is 4. The minimum absolute atomic E-state index is 0.634. The molecule has 0 bridgehead atoms. The summed E-state index contributed by atoms with van der Waals surface area (Å²) in [5.41, 5.74) is 1.00. The van der Waals surface area contributed by atoms with Crippen LogP contribution in [0.5, 0.6) is 0 Å². The van der Waals surface area contributed by atoms with E-state index in [4.69, 9.17) is 4.74 Å². The summed E-state index contributed by atoms with van der Waals surface area (Å²) in [7, 11) is 1.91. The Hall–Kier alpha value is -0.830. The lowest BCUT2D eigenvalue weighted by Gasteiger charge is -1.97. The van der Waals surface area contributed by atoms with E-state index in [-0.39, 0.29) is 0 Å². The second-order valence-corrected chi connectivity index (χ2v) is 2.53. The van der Waals surface area contributed by atoms with Gasteiger partial charge >= 0.3 is 0 Å². The maximum absolute atomic E-state index is 5.31. The van der Waals surface area contributed by atoms with Gasteiger partial charge in [0, 0.05) is 19.9 Å². The van der Waals surface area contributed by atoms with E-state index in [2.05, 4.69) is 12.0 Å². The highest BCUT2D eigenvalue weighted by molar-refractivity contribution is 4.96. The van der Waals surface area contributed by atoms with Gasteiger partial charge in [0.05, 0.1) is 12.3 Å². The quantitative estimate of drug-likeness (QED) is 0.612. The zero-order valence-electron chi connectivity index (χ0n) is 7.08. The van der Waals surface area contributed by atoms with Crippen molar-refractivity contribution < 1.29 is 4.74 Å². The summed E-state index contributed by atoms with van der Waals surface area (Å²) >= 11 is 0. The van der Waals surface area contributed by atoms with Crippen molar-refractivity contribution in [2.75, 3.05) is 6.61 Å². The minimum Gasteiger partial charge on any atom is -0.375 e. The van der Waals surface area contributed by atoms with Crippen LogP contribution in [0.2, 0.25) is 0 Å². The first-order valence-corrected chi connectivity index (χ1v) is 3.89. The van der Waals surface area contributed by atoms with Crippen LogP contribution in [0.25, 0.3) is 0 Å². The molecule has 0 aliphatic carbocycles. The third-order valence-corrected chi connectivity index (χ3v) is 1.37. The lowest BCUT2D eigenvalue weighted by Crippen LogP contribution is -1.96. The van der Waals surface area contributed by atoms with Gasteiger partial charge in [0.1, 0.15) is 0 Å². The Morgan fingerprint density at radius 2 is 2.45 bits per heavy atom. The predicted molar refractivity (Wildman–Crippen MR) is 43.2 cm³/mol. The van der Waals surface area contributed by atoms with Gasteiger partial charge in [-0.1, -0.05) is 6.92 Å². The third kappa shape index (κ3) is 2.72. The van der Waals surface area contributed by atoms with Crippen molar-refractivity contribution in [2.45, 2.75) is 20.0 Å². The number of hydrogen-bond acceptors (Lipinski definition) is 2. The molecule has 1 aromatic rings. The molecule has 0 aromatic carbocycles. The van der Waals surface area contributed by atoms with Gasteiger partial charge in [-0.05, 0) is 12.5 Å². The molecular formula is C8H14N2O. The van der Waals surface area contributed by atoms with Gasteiger partial charge in [-0.2, -0.15) is 5.10 Å². The molecule has 0 saturated heterocycles. The Bertz CT molecular complexity index is 208. The largest absolute Gasteiger partial charge is 0.375 e. The van der Waals surface area contributed by atoms with Gasteiger partial charge in [-0.15, -0.1) is 0 Å². The summed E-state index contributed by atoms with van der Waals surface area (Å²) in [6.07, 6.45) is 2.98. The average Bonchev–Trinajstić information content (AvgIpc) is 2.37. The molecule has 0 saturated carbocycles. The average molecular weight is 154 g/mol. The Kier molecular flexibility index (Phi) is 3.11. The van der Waals surface area contributed by atoms with Crippen molar-refractivity contribution >= 4 is 0 Å². The first-order valence-electron chi connectivity index (χ1n) is 3.89. The van der Waals surface area contributed by atoms with Crippen LogP contribution in [0.1, 0.15) is 19.0 Å². The highest BCUT2D eigenvalue weighted by atomic mass is 16.5. The van der Waals surface area contributed by atoms with Crippen molar-refractivity contribution in [1.82, 2.24) is 9.78 Å². The molecule has 3 nitrogen and oxygen atoms in total. The summed E-state index contributed by atoms with van der Waals surface area (Å²) < 4.78 is 7.09. The second kappa shape index (κ2) is 4.13. The molecule has 3 heteroatoms. The van der Waals surface area contributed by atoms with Gasteiger partial charge in [0.2, 0.25) is 0 Å². The van der Waals surface area contributed by atoms with Crippen molar-refractivity contribution in [1.29, 1.82) is 0 Å². The highest BCUT2D eigenvalue weighted by Gasteiger charge is 1.94. The van der Waals surface area contributed by atoms with Crippen LogP contribution in [-0.2, 0) is 18.4 Å². The van der Waals surface area contributed by atoms with E-state index in [0.717, 1.165) is 18.7 Å². The molecule has 1 heterocycles. The second-order valence-electron chi connectivity index (χ2n) is 2.53. The first-order chi connectivity index (χ1) is 5.33. The standard InChI is InChI=1S/C8H14N2O/c1-3-6-11-7-8-4-5-10(2)9-8/h4-5H,3,6-7H2,1-2H3. The van der Waals surface area contributed by atoms with E-state index in [9.17, 15) is 0 Å². The summed E-state index contributed by atoms with van der Waals surface area (Å²) in [6, 6.07) is 1.97. The number of aromatic nitrogens is 2. The molecule has 62 valence electrons. The minimum atomic E-state index is 0.634. The lowest BCUT2D eigenvalue weighted by atomic mass is 10.4. The monoisotopic (exact) mass is 154 g/mol. The Morgan fingerprint density at radius 3 is 3.00 bits per heavy atom. The Labute approximate surface area is 67.0 Å². The van der Waals surface area contributed by atoms with E-state index < -0.39 is 0 Å². The third-order valence-electron chi connectivity index (χ3n) is 1.37. The van der Waals surface area contributed by atoms with Crippen LogP contribution in [0.3, 0.4) is 0 Å². The fraction of sp³-hybridized carbons (Fsp3) is 0.625. The Balaban J connectivity index is 2.27. The SMILES string of the molecule is CCCOCc1ccn(C)n1. The van der Waals surface area contributed by atoms with Gasteiger partial charge in [0.25, 0.3) is 0 Å². The van der Waals surface area contributed by atoms with E-state index in [0.29, 0.717) is 6.61 Å². The molecule has 11 heavy (non-hydrogen) atoms. The zero-order chi connectivity index (χ0) is 8.10. The van der Waals surface area contributed by atoms with Crippen LogP contribution < -0.4 is 0 Å². The van der Waals surface area contributed by atoms with Crippen molar-refractivity contribution in [3.63, 3.8) is 0 Å². The fourth-order valence-corrected chi connectivity index (χ4v) is 0.861. The van der Waals surface area contributed by atoms with Gasteiger partial charge < -0.3 is 4.74 Å². The van der Waals surface area contributed by atoms with Crippen LogP contribution in [0, 0.1) is 0 Å². The summed E-state index contributed by atoms with van der Waals surface area (Å²) in [6.45, 7) is 3.55. The fourth-order valence-electron chi connectivity index (χ4n) is 0.861. The van der Waals surface area contributed by atoms with Gasteiger partial charge in [0.15, 0.2) is 0 Å². The van der Waals surface area contributed by atoms with E-state index in [1.165, 1.54) is 0 Å².